The van der Waals surface area contributed by atoms with Crippen molar-refractivity contribution in [1.29, 1.82) is 0 Å². The van der Waals surface area contributed by atoms with Gasteiger partial charge in [-0.1, -0.05) is 73.3 Å². The number of thioether (sulfide) groups is 1. The molecule has 0 spiro atoms. The van der Waals surface area contributed by atoms with Crippen LogP contribution in [0.4, 0.5) is 5.69 Å². The van der Waals surface area contributed by atoms with E-state index in [2.05, 4.69) is 27.8 Å². The van der Waals surface area contributed by atoms with Gasteiger partial charge in [0.05, 0.1) is 24.5 Å². The van der Waals surface area contributed by atoms with Crippen molar-refractivity contribution in [1.82, 2.24) is 20.2 Å². The summed E-state index contributed by atoms with van der Waals surface area (Å²) >= 11 is 1.51. The molecule has 5 rings (SSSR count). The predicted molar refractivity (Wildman–Crippen MR) is 159 cm³/mol. The number of benzene rings is 3. The van der Waals surface area contributed by atoms with Crippen molar-refractivity contribution in [3.63, 3.8) is 0 Å². The van der Waals surface area contributed by atoms with E-state index in [0.717, 1.165) is 22.4 Å². The van der Waals surface area contributed by atoms with E-state index in [1.165, 1.54) is 25.6 Å². The maximum Gasteiger partial charge on any atom is 0.303 e. The van der Waals surface area contributed by atoms with Crippen LogP contribution in [-0.4, -0.2) is 55.2 Å². The molecule has 0 saturated carbocycles. The van der Waals surface area contributed by atoms with E-state index in [0.29, 0.717) is 16.6 Å². The zero-order valence-electron chi connectivity index (χ0n) is 24.0. The highest BCUT2D eigenvalue weighted by Crippen LogP contribution is 2.43. The lowest BCUT2D eigenvalue weighted by Gasteiger charge is -2.41. The number of nitrogens with zero attached hydrogens (tertiary/aromatic N) is 4. The van der Waals surface area contributed by atoms with Crippen LogP contribution in [0.5, 0.6) is 0 Å². The van der Waals surface area contributed by atoms with Crippen LogP contribution in [0.2, 0.25) is 0 Å². The highest BCUT2D eigenvalue weighted by atomic mass is 32.2. The van der Waals surface area contributed by atoms with Crippen LogP contribution in [0.25, 0.3) is 5.69 Å². The van der Waals surface area contributed by atoms with Crippen molar-refractivity contribution in [2.24, 2.45) is 5.92 Å². The van der Waals surface area contributed by atoms with Crippen molar-refractivity contribution < 1.29 is 28.9 Å². The number of amides is 1. The Morgan fingerprint density at radius 2 is 1.72 bits per heavy atom. The molecule has 1 aliphatic rings. The number of ether oxygens (including phenoxy) is 3. The Hall–Kier alpha value is -4.10. The number of rotatable bonds is 10. The van der Waals surface area contributed by atoms with Crippen LogP contribution >= 0.6 is 11.8 Å². The highest BCUT2D eigenvalue weighted by Gasteiger charge is 2.38. The number of nitrogens with one attached hydrogen (secondary N) is 1. The number of carbonyl (C=O) groups is 2. The summed E-state index contributed by atoms with van der Waals surface area (Å²) in [5.74, 6) is -0.403. The summed E-state index contributed by atoms with van der Waals surface area (Å²) in [5, 5.41) is 25.2. The van der Waals surface area contributed by atoms with Gasteiger partial charge in [0.1, 0.15) is 0 Å². The lowest BCUT2D eigenvalue weighted by Crippen LogP contribution is -2.38. The minimum Gasteiger partial charge on any atom is -0.453 e. The van der Waals surface area contributed by atoms with E-state index >= 15 is 0 Å². The van der Waals surface area contributed by atoms with Crippen LogP contribution in [0.3, 0.4) is 0 Å². The number of hydrogen-bond acceptors (Lipinski definition) is 10. The normalized spacial score (nSPS) is 20.7. The average Bonchev–Trinajstić information content (AvgIpc) is 3.50. The van der Waals surface area contributed by atoms with Gasteiger partial charge in [-0.3, -0.25) is 9.59 Å². The SMILES string of the molecule is CC(=O)O[C@@H](C)C(=O)Nc1ccc([C@@H]2O[C@H](CSc3nnnn3-c3ccccc3)[C@H](C)[C@H](c3ccc(CO)cc3)O2)cc1. The second kappa shape index (κ2) is 13.9. The number of anilines is 1. The standard InChI is InChI=1S/C31H33N5O6S/c1-19-27(18-43-31-33-34-35-36(31)26-7-5-4-6-8-26)41-30(42-28(19)23-11-9-22(17-37)10-12-23)24-13-15-25(16-14-24)32-29(39)20(2)40-21(3)38/h4-16,19-20,27-28,30,37H,17-18H2,1-3H3,(H,32,39)/t19-,20-,27+,28+,30+/m0/s1. The molecular weight excluding hydrogens is 570 g/mol. The van der Waals surface area contributed by atoms with Crippen LogP contribution in [0.15, 0.2) is 84.0 Å². The Morgan fingerprint density at radius 3 is 2.40 bits per heavy atom. The molecule has 2 heterocycles. The first-order valence-corrected chi connectivity index (χ1v) is 14.9. The minimum atomic E-state index is -0.914. The van der Waals surface area contributed by atoms with Crippen molar-refractivity contribution in [2.75, 3.05) is 11.1 Å². The third kappa shape index (κ3) is 7.46. The number of hydrogen-bond donors (Lipinski definition) is 2. The Balaban J connectivity index is 1.34. The molecule has 1 amide bonds. The van der Waals surface area contributed by atoms with Gasteiger partial charge in [-0.25, -0.2) is 0 Å². The third-order valence-electron chi connectivity index (χ3n) is 7.10. The fraction of sp³-hybridized carbons (Fsp3) is 0.323. The smallest absolute Gasteiger partial charge is 0.303 e. The van der Waals surface area contributed by atoms with Gasteiger partial charge in [0.25, 0.3) is 5.91 Å². The molecule has 0 aliphatic carbocycles. The van der Waals surface area contributed by atoms with E-state index in [-0.39, 0.29) is 24.7 Å². The zero-order valence-corrected chi connectivity index (χ0v) is 24.8. The summed E-state index contributed by atoms with van der Waals surface area (Å²) in [6.45, 7) is 4.83. The first-order chi connectivity index (χ1) is 20.8. The molecule has 1 aliphatic heterocycles. The van der Waals surface area contributed by atoms with Crippen molar-refractivity contribution in [3.05, 3.63) is 95.6 Å². The molecule has 1 fully saturated rings. The second-order valence-electron chi connectivity index (χ2n) is 10.2. The van der Waals surface area contributed by atoms with E-state index in [4.69, 9.17) is 14.2 Å². The van der Waals surface area contributed by atoms with Crippen molar-refractivity contribution in [3.8, 4) is 5.69 Å². The van der Waals surface area contributed by atoms with Gasteiger partial charge < -0.3 is 24.6 Å². The molecule has 4 aromatic rings. The van der Waals surface area contributed by atoms with E-state index in [1.807, 2.05) is 66.7 Å². The molecular formula is C31H33N5O6S. The zero-order chi connectivity index (χ0) is 30.3. The number of para-hydroxylation sites is 1. The largest absolute Gasteiger partial charge is 0.453 e. The monoisotopic (exact) mass is 603 g/mol. The fourth-order valence-corrected chi connectivity index (χ4v) is 5.79. The molecule has 11 nitrogen and oxygen atoms in total. The third-order valence-corrected chi connectivity index (χ3v) is 8.11. The van der Waals surface area contributed by atoms with Gasteiger partial charge in [-0.15, -0.1) is 5.10 Å². The fourth-order valence-electron chi connectivity index (χ4n) is 4.74. The molecule has 1 aromatic heterocycles. The van der Waals surface area contributed by atoms with Gasteiger partial charge >= 0.3 is 5.97 Å². The maximum absolute atomic E-state index is 12.4. The molecule has 224 valence electrons. The van der Waals surface area contributed by atoms with E-state index in [9.17, 15) is 14.7 Å². The molecule has 0 unspecified atom stereocenters. The summed E-state index contributed by atoms with van der Waals surface area (Å²) < 4.78 is 19.7. The molecule has 3 aromatic carbocycles. The minimum absolute atomic E-state index is 0.0221. The van der Waals surface area contributed by atoms with Crippen molar-refractivity contribution in [2.45, 2.75) is 57.1 Å². The summed E-state index contributed by atoms with van der Waals surface area (Å²) in [4.78, 5) is 23.6. The van der Waals surface area contributed by atoms with Crippen LogP contribution in [0, 0.1) is 5.92 Å². The first kappa shape index (κ1) is 30.4. The van der Waals surface area contributed by atoms with Crippen molar-refractivity contribution >= 4 is 29.3 Å². The van der Waals surface area contributed by atoms with Gasteiger partial charge in [0.2, 0.25) is 5.16 Å². The number of aliphatic hydroxyl groups excluding tert-OH is 1. The van der Waals surface area contributed by atoms with Crippen LogP contribution in [0.1, 0.15) is 49.9 Å². The molecule has 5 atom stereocenters. The Morgan fingerprint density at radius 1 is 1.02 bits per heavy atom. The molecule has 0 bridgehead atoms. The molecule has 12 heteroatoms. The van der Waals surface area contributed by atoms with Crippen LogP contribution < -0.4 is 5.32 Å². The first-order valence-electron chi connectivity index (χ1n) is 13.9. The maximum atomic E-state index is 12.4. The Kier molecular flexibility index (Phi) is 9.82. The van der Waals surface area contributed by atoms with Crippen LogP contribution in [-0.2, 0) is 30.4 Å². The molecule has 0 radical (unpaired) electrons. The number of aromatic nitrogens is 4. The Bertz CT molecular complexity index is 1520. The highest BCUT2D eigenvalue weighted by molar-refractivity contribution is 7.99. The van der Waals surface area contributed by atoms with Gasteiger partial charge in [-0.2, -0.15) is 4.68 Å². The quantitative estimate of drug-likeness (QED) is 0.195. The lowest BCUT2D eigenvalue weighted by molar-refractivity contribution is -0.268. The topological polar surface area (TPSA) is 138 Å². The summed E-state index contributed by atoms with van der Waals surface area (Å²) in [6, 6.07) is 24.6. The van der Waals surface area contributed by atoms with E-state index in [1.54, 1.807) is 16.8 Å². The molecule has 43 heavy (non-hydrogen) atoms. The number of tetrazole rings is 1. The van der Waals surface area contributed by atoms with Gasteiger partial charge in [0.15, 0.2) is 12.4 Å². The summed E-state index contributed by atoms with van der Waals surface area (Å²) in [6.07, 6.45) is -2.11. The lowest BCUT2D eigenvalue weighted by atomic mass is 9.91. The number of aliphatic hydroxyl groups is 1. The van der Waals surface area contributed by atoms with Gasteiger partial charge in [-0.05, 0) is 52.7 Å². The number of esters is 1. The predicted octanol–water partition coefficient (Wildman–Crippen LogP) is 4.63. The summed E-state index contributed by atoms with van der Waals surface area (Å²) in [5.41, 5.74) is 3.99. The average molecular weight is 604 g/mol. The Labute approximate surface area is 253 Å². The number of carbonyl (C=O) groups excluding carboxylic acids is 2. The van der Waals surface area contributed by atoms with E-state index < -0.39 is 24.3 Å². The molecule has 2 N–H and O–H groups in total. The summed E-state index contributed by atoms with van der Waals surface area (Å²) in [7, 11) is 0. The molecule has 1 saturated heterocycles. The van der Waals surface area contributed by atoms with Gasteiger partial charge in [0, 0.05) is 29.8 Å². The second-order valence-corrected chi connectivity index (χ2v) is 11.2.